The minimum Gasteiger partial charge on any atom is -0.493 e. The van der Waals surface area contributed by atoms with Gasteiger partial charge in [-0.3, -0.25) is 4.79 Å². The second-order valence-corrected chi connectivity index (χ2v) is 4.89. The van der Waals surface area contributed by atoms with Crippen LogP contribution in [0, 0.1) is 0 Å². The van der Waals surface area contributed by atoms with E-state index in [0.29, 0.717) is 30.9 Å². The van der Waals surface area contributed by atoms with E-state index in [9.17, 15) is 4.79 Å². The van der Waals surface area contributed by atoms with Gasteiger partial charge in [-0.15, -0.1) is 0 Å². The van der Waals surface area contributed by atoms with Crippen molar-refractivity contribution in [2.45, 2.75) is 32.1 Å². The molecule has 118 valence electrons. The quantitative estimate of drug-likeness (QED) is 0.646. The van der Waals surface area contributed by atoms with Crippen LogP contribution in [0.5, 0.6) is 11.5 Å². The summed E-state index contributed by atoms with van der Waals surface area (Å²) in [7, 11) is 3.21. The Hall–Kier alpha value is -1.75. The third-order valence-electron chi connectivity index (χ3n) is 3.29. The van der Waals surface area contributed by atoms with Gasteiger partial charge in [0.05, 0.1) is 14.2 Å². The highest BCUT2D eigenvalue weighted by Gasteiger charge is 2.06. The van der Waals surface area contributed by atoms with Crippen molar-refractivity contribution in [3.05, 3.63) is 23.8 Å². The van der Waals surface area contributed by atoms with Gasteiger partial charge in [0.2, 0.25) is 5.91 Å². The van der Waals surface area contributed by atoms with Crippen molar-refractivity contribution < 1.29 is 14.3 Å². The molecule has 0 unspecified atom stereocenters. The fraction of sp³-hybridized carbons (Fsp3) is 0.562. The second-order valence-electron chi connectivity index (χ2n) is 4.89. The fourth-order valence-electron chi connectivity index (χ4n) is 2.06. The van der Waals surface area contributed by atoms with Crippen LogP contribution >= 0.6 is 0 Å². The van der Waals surface area contributed by atoms with E-state index in [0.717, 1.165) is 31.4 Å². The van der Waals surface area contributed by atoms with Crippen LogP contribution in [-0.2, 0) is 11.2 Å². The highest BCUT2D eigenvalue weighted by Crippen LogP contribution is 2.27. The number of carbonyl (C=O) groups excluding carboxylic acids is 1. The summed E-state index contributed by atoms with van der Waals surface area (Å²) in [5, 5.41) is 2.93. The van der Waals surface area contributed by atoms with Gasteiger partial charge in [-0.2, -0.15) is 0 Å². The molecule has 1 rings (SSSR count). The third kappa shape index (κ3) is 6.49. The lowest BCUT2D eigenvalue weighted by Gasteiger charge is -2.09. The molecule has 0 bridgehead atoms. The maximum Gasteiger partial charge on any atom is 0.220 e. The van der Waals surface area contributed by atoms with E-state index < -0.39 is 0 Å². The summed E-state index contributed by atoms with van der Waals surface area (Å²) in [6.07, 6.45) is 4.23. The van der Waals surface area contributed by atoms with Gasteiger partial charge < -0.3 is 20.5 Å². The zero-order chi connectivity index (χ0) is 15.5. The third-order valence-corrected chi connectivity index (χ3v) is 3.29. The lowest BCUT2D eigenvalue weighted by molar-refractivity contribution is -0.121. The Labute approximate surface area is 126 Å². The number of hydrogen-bond acceptors (Lipinski definition) is 4. The second kappa shape index (κ2) is 10.0. The summed E-state index contributed by atoms with van der Waals surface area (Å²) in [5.74, 6) is 1.47. The Morgan fingerprint density at radius 1 is 1.14 bits per heavy atom. The first-order chi connectivity index (χ1) is 10.2. The summed E-state index contributed by atoms with van der Waals surface area (Å²) >= 11 is 0. The molecule has 5 nitrogen and oxygen atoms in total. The van der Waals surface area contributed by atoms with Crippen LogP contribution in [0.3, 0.4) is 0 Å². The normalized spacial score (nSPS) is 10.2. The highest BCUT2D eigenvalue weighted by molar-refractivity contribution is 5.76. The summed E-state index contributed by atoms with van der Waals surface area (Å²) in [5.41, 5.74) is 6.48. The first-order valence-electron chi connectivity index (χ1n) is 7.39. The molecule has 0 spiro atoms. The zero-order valence-electron chi connectivity index (χ0n) is 13.0. The van der Waals surface area contributed by atoms with Crippen molar-refractivity contribution >= 4 is 5.91 Å². The topological polar surface area (TPSA) is 73.6 Å². The lowest BCUT2D eigenvalue weighted by atomic mass is 10.1. The number of aryl methyl sites for hydroxylation is 1. The van der Waals surface area contributed by atoms with E-state index in [1.807, 2.05) is 18.2 Å². The van der Waals surface area contributed by atoms with Crippen molar-refractivity contribution in [2.75, 3.05) is 27.3 Å². The number of rotatable bonds is 10. The van der Waals surface area contributed by atoms with Crippen LogP contribution < -0.4 is 20.5 Å². The van der Waals surface area contributed by atoms with Gasteiger partial charge >= 0.3 is 0 Å². The van der Waals surface area contributed by atoms with Gasteiger partial charge in [-0.25, -0.2) is 0 Å². The molecule has 5 heteroatoms. The number of benzene rings is 1. The number of ether oxygens (including phenoxy) is 2. The molecule has 0 saturated carbocycles. The summed E-state index contributed by atoms with van der Waals surface area (Å²) in [4.78, 5) is 11.7. The molecule has 0 fully saturated rings. The summed E-state index contributed by atoms with van der Waals surface area (Å²) in [6.45, 7) is 1.44. The van der Waals surface area contributed by atoms with E-state index in [-0.39, 0.29) is 5.91 Å². The minimum absolute atomic E-state index is 0.0810. The number of nitrogens with one attached hydrogen (secondary N) is 1. The average molecular weight is 294 g/mol. The average Bonchev–Trinajstić information content (AvgIpc) is 2.52. The number of carbonyl (C=O) groups is 1. The number of methoxy groups -OCH3 is 2. The Kier molecular flexibility index (Phi) is 8.28. The van der Waals surface area contributed by atoms with Crippen LogP contribution in [0.1, 0.15) is 31.2 Å². The number of nitrogens with two attached hydrogens (primary N) is 1. The molecule has 1 amide bonds. The molecule has 0 aliphatic heterocycles. The van der Waals surface area contributed by atoms with E-state index in [2.05, 4.69) is 5.32 Å². The van der Waals surface area contributed by atoms with Crippen LogP contribution in [-0.4, -0.2) is 33.2 Å². The number of amides is 1. The van der Waals surface area contributed by atoms with Gasteiger partial charge in [0.25, 0.3) is 0 Å². The SMILES string of the molecule is COc1ccc(CCC(=O)NCCCCCN)cc1OC. The van der Waals surface area contributed by atoms with Crippen LogP contribution in [0.25, 0.3) is 0 Å². The van der Waals surface area contributed by atoms with Crippen molar-refractivity contribution in [3.63, 3.8) is 0 Å². The fourth-order valence-corrected chi connectivity index (χ4v) is 2.06. The minimum atomic E-state index is 0.0810. The van der Waals surface area contributed by atoms with Gasteiger partial charge in [-0.1, -0.05) is 12.5 Å². The van der Waals surface area contributed by atoms with Crippen LogP contribution in [0.15, 0.2) is 18.2 Å². The molecule has 0 atom stereocenters. The number of hydrogen-bond donors (Lipinski definition) is 2. The molecule has 1 aromatic carbocycles. The molecule has 0 saturated heterocycles. The molecule has 0 aliphatic rings. The van der Waals surface area contributed by atoms with E-state index in [4.69, 9.17) is 15.2 Å². The maximum atomic E-state index is 11.7. The highest BCUT2D eigenvalue weighted by atomic mass is 16.5. The van der Waals surface area contributed by atoms with Gasteiger partial charge in [0.15, 0.2) is 11.5 Å². The van der Waals surface area contributed by atoms with Crippen molar-refractivity contribution in [1.82, 2.24) is 5.32 Å². The smallest absolute Gasteiger partial charge is 0.220 e. The van der Waals surface area contributed by atoms with Crippen molar-refractivity contribution in [1.29, 1.82) is 0 Å². The standard InChI is InChI=1S/C16H26N2O3/c1-20-14-8-6-13(12-15(14)21-2)7-9-16(19)18-11-5-3-4-10-17/h6,8,12H,3-5,7,9-11,17H2,1-2H3,(H,18,19). The molecular formula is C16H26N2O3. The predicted molar refractivity (Wildman–Crippen MR) is 83.8 cm³/mol. The first kappa shape index (κ1) is 17.3. The van der Waals surface area contributed by atoms with Crippen LogP contribution in [0.2, 0.25) is 0 Å². The summed E-state index contributed by atoms with van der Waals surface area (Å²) in [6, 6.07) is 5.72. The van der Waals surface area contributed by atoms with E-state index in [1.165, 1.54) is 0 Å². The largest absolute Gasteiger partial charge is 0.493 e. The number of unbranched alkanes of at least 4 members (excludes halogenated alkanes) is 2. The van der Waals surface area contributed by atoms with Gasteiger partial charge in [0, 0.05) is 13.0 Å². The molecule has 1 aromatic rings. The summed E-state index contributed by atoms with van der Waals surface area (Å²) < 4.78 is 10.4. The Morgan fingerprint density at radius 3 is 2.57 bits per heavy atom. The molecular weight excluding hydrogens is 268 g/mol. The monoisotopic (exact) mass is 294 g/mol. The van der Waals surface area contributed by atoms with Crippen molar-refractivity contribution in [3.8, 4) is 11.5 Å². The van der Waals surface area contributed by atoms with Gasteiger partial charge in [-0.05, 0) is 43.5 Å². The van der Waals surface area contributed by atoms with E-state index >= 15 is 0 Å². The zero-order valence-corrected chi connectivity index (χ0v) is 13.0. The Morgan fingerprint density at radius 2 is 1.90 bits per heavy atom. The first-order valence-corrected chi connectivity index (χ1v) is 7.39. The molecule has 0 radical (unpaired) electrons. The molecule has 3 N–H and O–H groups in total. The van der Waals surface area contributed by atoms with Crippen LogP contribution in [0.4, 0.5) is 0 Å². The molecule has 21 heavy (non-hydrogen) atoms. The lowest BCUT2D eigenvalue weighted by Crippen LogP contribution is -2.24. The Bertz CT molecular complexity index is 436. The molecule has 0 aromatic heterocycles. The molecule has 0 aliphatic carbocycles. The van der Waals surface area contributed by atoms with E-state index in [1.54, 1.807) is 14.2 Å². The van der Waals surface area contributed by atoms with Crippen molar-refractivity contribution in [2.24, 2.45) is 5.73 Å². The Balaban J connectivity index is 2.32. The molecule has 0 heterocycles. The maximum absolute atomic E-state index is 11.7. The predicted octanol–water partition coefficient (Wildman–Crippen LogP) is 1.88. The van der Waals surface area contributed by atoms with Gasteiger partial charge in [0.1, 0.15) is 0 Å².